The van der Waals surface area contributed by atoms with Crippen LogP contribution in [0.1, 0.15) is 51.0 Å². The number of primary amides is 1. The second-order valence-electron chi connectivity index (χ2n) is 8.82. The van der Waals surface area contributed by atoms with Crippen molar-refractivity contribution in [2.45, 2.75) is 52.0 Å². The standard InChI is InChI=1S/C23H38N6O2/c1-3-25-22(28-17-23(9-6-10-23)11-14-31-2)27-15-18-7-4-12-26-21(18)29-13-5-8-19(16-29)20(24)30/h4,7,12,19H,3,5-6,8-11,13-17H2,1-2H3,(H2,24,30)(H2,25,27,28). The molecule has 0 aromatic carbocycles. The highest BCUT2D eigenvalue weighted by atomic mass is 16.5. The average Bonchev–Trinajstić information content (AvgIpc) is 2.76. The van der Waals surface area contributed by atoms with Gasteiger partial charge in [-0.15, -0.1) is 0 Å². The lowest BCUT2D eigenvalue weighted by atomic mass is 9.67. The molecular weight excluding hydrogens is 392 g/mol. The molecule has 1 saturated heterocycles. The molecule has 3 rings (SSSR count). The first-order valence-corrected chi connectivity index (χ1v) is 11.6. The van der Waals surface area contributed by atoms with Crippen LogP contribution in [0.15, 0.2) is 23.3 Å². The number of aromatic nitrogens is 1. The Balaban J connectivity index is 1.66. The van der Waals surface area contributed by atoms with Crippen LogP contribution in [-0.2, 0) is 16.1 Å². The first-order valence-electron chi connectivity index (χ1n) is 11.6. The number of piperidine rings is 1. The van der Waals surface area contributed by atoms with Crippen molar-refractivity contribution in [2.24, 2.45) is 22.1 Å². The molecule has 8 nitrogen and oxygen atoms in total. The van der Waals surface area contributed by atoms with Crippen LogP contribution in [0.5, 0.6) is 0 Å². The molecule has 1 atom stereocenters. The number of carbonyl (C=O) groups excluding carboxylic acids is 1. The molecule has 172 valence electrons. The van der Waals surface area contributed by atoms with E-state index in [1.807, 2.05) is 6.07 Å². The number of nitrogens with two attached hydrogens (primary N) is 1. The van der Waals surface area contributed by atoms with Gasteiger partial charge in [-0.2, -0.15) is 0 Å². The number of hydrogen-bond acceptors (Lipinski definition) is 5. The van der Waals surface area contributed by atoms with E-state index in [1.54, 1.807) is 13.3 Å². The minimum Gasteiger partial charge on any atom is -0.385 e. The summed E-state index contributed by atoms with van der Waals surface area (Å²) in [5, 5.41) is 6.91. The predicted octanol–water partition coefficient (Wildman–Crippen LogP) is 2.05. The van der Waals surface area contributed by atoms with Crippen LogP contribution in [0.25, 0.3) is 0 Å². The maximum Gasteiger partial charge on any atom is 0.222 e. The zero-order valence-electron chi connectivity index (χ0n) is 19.0. The number of hydrogen-bond donors (Lipinski definition) is 3. The van der Waals surface area contributed by atoms with Crippen LogP contribution < -0.4 is 21.3 Å². The first kappa shape index (κ1) is 23.3. The Morgan fingerprint density at radius 3 is 2.90 bits per heavy atom. The molecule has 8 heteroatoms. The third-order valence-corrected chi connectivity index (χ3v) is 6.62. The number of rotatable bonds is 10. The number of nitrogens with zero attached hydrogens (tertiary/aromatic N) is 3. The fourth-order valence-corrected chi connectivity index (χ4v) is 4.53. The zero-order valence-corrected chi connectivity index (χ0v) is 19.0. The van der Waals surface area contributed by atoms with Crippen molar-refractivity contribution in [3.05, 3.63) is 23.9 Å². The molecule has 1 aromatic heterocycles. The fraction of sp³-hybridized carbons (Fsp3) is 0.696. The molecule has 1 amide bonds. The predicted molar refractivity (Wildman–Crippen MR) is 124 cm³/mol. The van der Waals surface area contributed by atoms with Crippen LogP contribution >= 0.6 is 0 Å². The van der Waals surface area contributed by atoms with Crippen molar-refractivity contribution in [3.63, 3.8) is 0 Å². The SMILES string of the molecule is CCNC(=NCc1cccnc1N1CCCC(C(N)=O)C1)NCC1(CCOC)CCC1. The molecule has 1 aliphatic heterocycles. The van der Waals surface area contributed by atoms with Crippen molar-refractivity contribution in [3.8, 4) is 0 Å². The van der Waals surface area contributed by atoms with Gasteiger partial charge in [0.2, 0.25) is 5.91 Å². The summed E-state index contributed by atoms with van der Waals surface area (Å²) in [6, 6.07) is 4.01. The molecule has 1 saturated carbocycles. The summed E-state index contributed by atoms with van der Waals surface area (Å²) < 4.78 is 5.31. The molecular formula is C23H38N6O2. The number of pyridine rings is 1. The van der Waals surface area contributed by atoms with Crippen LogP contribution in [0.3, 0.4) is 0 Å². The Hall–Kier alpha value is -2.35. The Labute approximate surface area is 186 Å². The van der Waals surface area contributed by atoms with E-state index in [1.165, 1.54) is 19.3 Å². The molecule has 0 radical (unpaired) electrons. The van der Waals surface area contributed by atoms with Gasteiger partial charge < -0.3 is 26.0 Å². The van der Waals surface area contributed by atoms with E-state index in [-0.39, 0.29) is 11.8 Å². The average molecular weight is 431 g/mol. The minimum atomic E-state index is -0.225. The monoisotopic (exact) mass is 430 g/mol. The Bertz CT molecular complexity index is 749. The van der Waals surface area contributed by atoms with Gasteiger partial charge in [0, 0.05) is 51.7 Å². The summed E-state index contributed by atoms with van der Waals surface area (Å²) in [7, 11) is 1.77. The summed E-state index contributed by atoms with van der Waals surface area (Å²) in [4.78, 5) is 23.3. The number of nitrogens with one attached hydrogen (secondary N) is 2. The zero-order chi connectivity index (χ0) is 22.1. The number of methoxy groups -OCH3 is 1. The molecule has 4 N–H and O–H groups in total. The van der Waals surface area contributed by atoms with Gasteiger partial charge in [-0.3, -0.25) is 4.79 Å². The molecule has 2 heterocycles. The highest BCUT2D eigenvalue weighted by molar-refractivity contribution is 5.80. The molecule has 1 aliphatic carbocycles. The fourth-order valence-electron chi connectivity index (χ4n) is 4.53. The highest BCUT2D eigenvalue weighted by Gasteiger charge is 2.36. The molecule has 0 spiro atoms. The van der Waals surface area contributed by atoms with Crippen LogP contribution in [0.2, 0.25) is 0 Å². The lowest BCUT2D eigenvalue weighted by Crippen LogP contribution is -2.47. The van der Waals surface area contributed by atoms with Crippen molar-refractivity contribution < 1.29 is 9.53 Å². The first-order chi connectivity index (χ1) is 15.1. The maximum atomic E-state index is 11.7. The van der Waals surface area contributed by atoms with Gasteiger partial charge in [0.1, 0.15) is 5.82 Å². The van der Waals surface area contributed by atoms with Crippen molar-refractivity contribution in [1.82, 2.24) is 15.6 Å². The normalized spacial score (nSPS) is 20.8. The van der Waals surface area contributed by atoms with Gasteiger partial charge in [-0.05, 0) is 50.5 Å². The van der Waals surface area contributed by atoms with Gasteiger partial charge in [0.25, 0.3) is 0 Å². The molecule has 2 aliphatic rings. The summed E-state index contributed by atoms with van der Waals surface area (Å²) >= 11 is 0. The number of carbonyl (C=O) groups is 1. The van der Waals surface area contributed by atoms with Gasteiger partial charge >= 0.3 is 0 Å². The van der Waals surface area contributed by atoms with Crippen LogP contribution in [-0.4, -0.2) is 56.7 Å². The summed E-state index contributed by atoms with van der Waals surface area (Å²) in [6.45, 7) is 6.64. The third-order valence-electron chi connectivity index (χ3n) is 6.62. The van der Waals surface area contributed by atoms with Crippen LogP contribution in [0.4, 0.5) is 5.82 Å². The Morgan fingerprint density at radius 2 is 2.23 bits per heavy atom. The lowest BCUT2D eigenvalue weighted by molar-refractivity contribution is -0.122. The van der Waals surface area contributed by atoms with Gasteiger partial charge in [-0.25, -0.2) is 9.98 Å². The van der Waals surface area contributed by atoms with Gasteiger partial charge in [0.05, 0.1) is 12.5 Å². The molecule has 31 heavy (non-hydrogen) atoms. The van der Waals surface area contributed by atoms with Gasteiger partial charge in [-0.1, -0.05) is 12.5 Å². The largest absolute Gasteiger partial charge is 0.385 e. The molecule has 1 aromatic rings. The third kappa shape index (κ3) is 6.32. The highest BCUT2D eigenvalue weighted by Crippen LogP contribution is 2.43. The molecule has 0 bridgehead atoms. The van der Waals surface area contributed by atoms with Crippen molar-refractivity contribution >= 4 is 17.7 Å². The summed E-state index contributed by atoms with van der Waals surface area (Å²) in [5.74, 6) is 1.40. The van der Waals surface area contributed by atoms with E-state index in [2.05, 4.69) is 33.5 Å². The number of guanidine groups is 1. The number of amides is 1. The number of ether oxygens (including phenoxy) is 1. The van der Waals surface area contributed by atoms with E-state index < -0.39 is 0 Å². The minimum absolute atomic E-state index is 0.114. The second kappa shape index (κ2) is 11.3. The van der Waals surface area contributed by atoms with Gasteiger partial charge in [0.15, 0.2) is 5.96 Å². The Morgan fingerprint density at radius 1 is 1.39 bits per heavy atom. The van der Waals surface area contributed by atoms with Crippen molar-refractivity contribution in [2.75, 3.05) is 44.8 Å². The Kier molecular flexibility index (Phi) is 8.51. The van der Waals surface area contributed by atoms with E-state index >= 15 is 0 Å². The van der Waals surface area contributed by atoms with E-state index in [4.69, 9.17) is 15.5 Å². The topological polar surface area (TPSA) is 105 Å². The smallest absolute Gasteiger partial charge is 0.222 e. The number of anilines is 1. The quantitative estimate of drug-likeness (QED) is 0.388. The number of aliphatic imine (C=N–C) groups is 1. The lowest BCUT2D eigenvalue weighted by Gasteiger charge is -2.42. The maximum absolute atomic E-state index is 11.7. The van der Waals surface area contributed by atoms with Crippen molar-refractivity contribution in [1.29, 1.82) is 0 Å². The summed E-state index contributed by atoms with van der Waals surface area (Å²) in [5.41, 5.74) is 6.94. The van der Waals surface area contributed by atoms with Crippen LogP contribution in [0, 0.1) is 11.3 Å². The molecule has 2 fully saturated rings. The van der Waals surface area contributed by atoms with E-state index in [0.717, 1.165) is 62.8 Å². The van der Waals surface area contributed by atoms with E-state index in [0.29, 0.717) is 18.5 Å². The summed E-state index contributed by atoms with van der Waals surface area (Å²) in [6.07, 6.45) is 8.46. The second-order valence-corrected chi connectivity index (χ2v) is 8.82. The van der Waals surface area contributed by atoms with E-state index in [9.17, 15) is 4.79 Å². The molecule has 1 unspecified atom stereocenters.